The molecule has 1 fully saturated rings. The summed E-state index contributed by atoms with van der Waals surface area (Å²) in [6.45, 7) is 2.40. The minimum absolute atomic E-state index is 0.0560. The molecule has 0 aromatic heterocycles. The van der Waals surface area contributed by atoms with Crippen LogP contribution in [0.5, 0.6) is 5.75 Å². The number of amides is 1. The average molecular weight is 330 g/mol. The van der Waals surface area contributed by atoms with Gasteiger partial charge in [0.1, 0.15) is 5.75 Å². The summed E-state index contributed by atoms with van der Waals surface area (Å²) in [5.74, 6) is -2.55. The number of hydrogen-bond acceptors (Lipinski definition) is 3. The molecule has 1 aromatic carbocycles. The van der Waals surface area contributed by atoms with Crippen LogP contribution in [0.3, 0.4) is 0 Å². The van der Waals surface area contributed by atoms with E-state index in [1.807, 2.05) is 25.1 Å². The Bertz CT molecular complexity index is 548. The molecule has 1 heterocycles. The first-order valence-electron chi connectivity index (χ1n) is 7.57. The second kappa shape index (κ2) is 7.21. The molecule has 2 atom stereocenters. The van der Waals surface area contributed by atoms with Crippen LogP contribution in [0.1, 0.15) is 12.5 Å². The number of rotatable bonds is 5. The summed E-state index contributed by atoms with van der Waals surface area (Å²) in [5.41, 5.74) is 0.778. The van der Waals surface area contributed by atoms with E-state index < -0.39 is 23.9 Å². The molecule has 0 bridgehead atoms. The minimum atomic E-state index is -4.37. The Morgan fingerprint density at radius 1 is 1.35 bits per heavy atom. The molecule has 0 saturated carbocycles. The Hall–Kier alpha value is -1.76. The topological polar surface area (TPSA) is 41.6 Å². The summed E-state index contributed by atoms with van der Waals surface area (Å²) in [4.78, 5) is 13.8. The van der Waals surface area contributed by atoms with Crippen LogP contribution in [0.15, 0.2) is 24.3 Å². The zero-order chi connectivity index (χ0) is 17.0. The van der Waals surface area contributed by atoms with Crippen LogP contribution in [0.2, 0.25) is 0 Å². The Labute approximate surface area is 133 Å². The summed E-state index contributed by atoms with van der Waals surface area (Å²) in [5, 5.41) is 2.67. The lowest BCUT2D eigenvalue weighted by molar-refractivity contribution is -0.184. The van der Waals surface area contributed by atoms with Crippen molar-refractivity contribution in [2.45, 2.75) is 19.6 Å². The molecule has 1 aromatic rings. The number of carbonyl (C=O) groups excluding carboxylic acids is 1. The molecule has 4 nitrogen and oxygen atoms in total. The van der Waals surface area contributed by atoms with Gasteiger partial charge in [0.2, 0.25) is 5.91 Å². The molecule has 1 aliphatic heterocycles. The Morgan fingerprint density at radius 2 is 2.04 bits per heavy atom. The number of carbonyl (C=O) groups is 1. The van der Waals surface area contributed by atoms with Gasteiger partial charge < -0.3 is 15.0 Å². The molecule has 128 valence electrons. The predicted octanol–water partition coefficient (Wildman–Crippen LogP) is 2.44. The van der Waals surface area contributed by atoms with E-state index in [4.69, 9.17) is 4.74 Å². The number of alkyl halides is 3. The molecule has 1 amide bonds. The van der Waals surface area contributed by atoms with Crippen molar-refractivity contribution in [1.82, 2.24) is 10.2 Å². The van der Waals surface area contributed by atoms with E-state index in [0.29, 0.717) is 12.4 Å². The van der Waals surface area contributed by atoms with Gasteiger partial charge in [-0.2, -0.15) is 13.2 Å². The molecule has 1 N–H and O–H groups in total. The number of nitrogens with one attached hydrogen (secondary N) is 1. The predicted molar refractivity (Wildman–Crippen MR) is 80.0 cm³/mol. The number of benzene rings is 1. The highest BCUT2D eigenvalue weighted by atomic mass is 19.4. The monoisotopic (exact) mass is 330 g/mol. The largest absolute Gasteiger partial charge is 0.494 e. The van der Waals surface area contributed by atoms with Gasteiger partial charge in [-0.3, -0.25) is 4.79 Å². The molecule has 0 spiro atoms. The second-order valence-electron chi connectivity index (χ2n) is 5.65. The zero-order valence-corrected chi connectivity index (χ0v) is 13.2. The standard InChI is InChI=1S/C16H21F3N2O2/c1-3-23-14-7-5-4-6-11(14)10-21(2)15(22)12-8-20-9-13(12)16(17,18)19/h4-7,12-13,20H,3,8-10H2,1-2H3/t12-,13-/m1/s1. The van der Waals surface area contributed by atoms with Gasteiger partial charge >= 0.3 is 6.18 Å². The summed E-state index contributed by atoms with van der Waals surface area (Å²) in [7, 11) is 1.52. The van der Waals surface area contributed by atoms with Crippen LogP contribution in [-0.4, -0.2) is 43.7 Å². The van der Waals surface area contributed by atoms with Crippen molar-refractivity contribution in [3.05, 3.63) is 29.8 Å². The summed E-state index contributed by atoms with van der Waals surface area (Å²) >= 11 is 0. The lowest BCUT2D eigenvalue weighted by atomic mass is 9.94. The summed E-state index contributed by atoms with van der Waals surface area (Å²) < 4.78 is 44.5. The number of halogens is 3. The molecular weight excluding hydrogens is 309 g/mol. The van der Waals surface area contributed by atoms with Gasteiger partial charge in [0, 0.05) is 32.2 Å². The van der Waals surface area contributed by atoms with Crippen molar-refractivity contribution in [2.75, 3.05) is 26.7 Å². The first-order chi connectivity index (χ1) is 10.8. The first-order valence-corrected chi connectivity index (χ1v) is 7.57. The average Bonchev–Trinajstić information content (AvgIpc) is 2.98. The maximum absolute atomic E-state index is 13.0. The first kappa shape index (κ1) is 17.6. The number of ether oxygens (including phenoxy) is 1. The van der Waals surface area contributed by atoms with E-state index in [0.717, 1.165) is 5.56 Å². The van der Waals surface area contributed by atoms with Gasteiger partial charge in [0.05, 0.1) is 18.4 Å². The quantitative estimate of drug-likeness (QED) is 0.902. The van der Waals surface area contributed by atoms with Crippen molar-refractivity contribution < 1.29 is 22.7 Å². The van der Waals surface area contributed by atoms with E-state index in [2.05, 4.69) is 5.32 Å². The van der Waals surface area contributed by atoms with Gasteiger partial charge in [-0.05, 0) is 13.0 Å². The molecule has 0 radical (unpaired) electrons. The smallest absolute Gasteiger partial charge is 0.393 e. The molecule has 0 aliphatic carbocycles. The Balaban J connectivity index is 2.08. The zero-order valence-electron chi connectivity index (χ0n) is 13.2. The van der Waals surface area contributed by atoms with Gasteiger partial charge in [-0.25, -0.2) is 0 Å². The molecule has 23 heavy (non-hydrogen) atoms. The van der Waals surface area contributed by atoms with Crippen molar-refractivity contribution >= 4 is 5.91 Å². The minimum Gasteiger partial charge on any atom is -0.494 e. The van der Waals surface area contributed by atoms with Crippen LogP contribution < -0.4 is 10.1 Å². The Morgan fingerprint density at radius 3 is 2.70 bits per heavy atom. The van der Waals surface area contributed by atoms with Crippen molar-refractivity contribution in [2.24, 2.45) is 11.8 Å². The second-order valence-corrected chi connectivity index (χ2v) is 5.65. The maximum atomic E-state index is 13.0. The van der Waals surface area contributed by atoms with Crippen LogP contribution in [-0.2, 0) is 11.3 Å². The normalized spacial score (nSPS) is 21.3. The van der Waals surface area contributed by atoms with Crippen LogP contribution in [0, 0.1) is 11.8 Å². The molecule has 7 heteroatoms. The highest BCUT2D eigenvalue weighted by molar-refractivity contribution is 5.79. The van der Waals surface area contributed by atoms with Crippen molar-refractivity contribution in [3.8, 4) is 5.75 Å². The van der Waals surface area contributed by atoms with E-state index in [1.54, 1.807) is 6.07 Å². The summed E-state index contributed by atoms with van der Waals surface area (Å²) in [6, 6.07) is 7.22. The fraction of sp³-hybridized carbons (Fsp3) is 0.562. The lowest BCUT2D eigenvalue weighted by Crippen LogP contribution is -2.40. The third-order valence-electron chi connectivity index (χ3n) is 4.01. The lowest BCUT2D eigenvalue weighted by Gasteiger charge is -2.26. The molecule has 0 unspecified atom stereocenters. The summed E-state index contributed by atoms with van der Waals surface area (Å²) in [6.07, 6.45) is -4.37. The Kier molecular flexibility index (Phi) is 5.51. The van der Waals surface area contributed by atoms with Gasteiger partial charge in [0.15, 0.2) is 0 Å². The van der Waals surface area contributed by atoms with Crippen LogP contribution in [0.4, 0.5) is 13.2 Å². The van der Waals surface area contributed by atoms with E-state index in [1.165, 1.54) is 11.9 Å². The van der Waals surface area contributed by atoms with Crippen molar-refractivity contribution in [1.29, 1.82) is 0 Å². The maximum Gasteiger partial charge on any atom is 0.393 e. The third-order valence-corrected chi connectivity index (χ3v) is 4.01. The number of nitrogens with zero attached hydrogens (tertiary/aromatic N) is 1. The number of para-hydroxylation sites is 1. The van der Waals surface area contributed by atoms with Gasteiger partial charge in [-0.1, -0.05) is 18.2 Å². The SMILES string of the molecule is CCOc1ccccc1CN(C)C(=O)[C@@H]1CNC[C@H]1C(F)(F)F. The molecular formula is C16H21F3N2O2. The van der Waals surface area contributed by atoms with Crippen LogP contribution in [0.25, 0.3) is 0 Å². The van der Waals surface area contributed by atoms with Crippen LogP contribution >= 0.6 is 0 Å². The van der Waals surface area contributed by atoms with Gasteiger partial charge in [-0.15, -0.1) is 0 Å². The number of hydrogen-bond donors (Lipinski definition) is 1. The third kappa shape index (κ3) is 4.16. The van der Waals surface area contributed by atoms with Gasteiger partial charge in [0.25, 0.3) is 0 Å². The fourth-order valence-electron chi connectivity index (χ4n) is 2.83. The fourth-order valence-corrected chi connectivity index (χ4v) is 2.83. The van der Waals surface area contributed by atoms with E-state index in [-0.39, 0.29) is 19.6 Å². The highest BCUT2D eigenvalue weighted by Gasteiger charge is 2.50. The highest BCUT2D eigenvalue weighted by Crippen LogP contribution is 2.35. The molecule has 2 rings (SSSR count). The van der Waals surface area contributed by atoms with E-state index >= 15 is 0 Å². The molecule has 1 aliphatic rings. The van der Waals surface area contributed by atoms with Crippen molar-refractivity contribution in [3.63, 3.8) is 0 Å². The van der Waals surface area contributed by atoms with E-state index in [9.17, 15) is 18.0 Å². The molecule has 1 saturated heterocycles.